The summed E-state index contributed by atoms with van der Waals surface area (Å²) in [4.78, 5) is 26.3. The van der Waals surface area contributed by atoms with E-state index in [1.54, 1.807) is 14.0 Å². The van der Waals surface area contributed by atoms with Gasteiger partial charge < -0.3 is 10.3 Å². The number of halogens is 3. The summed E-state index contributed by atoms with van der Waals surface area (Å²) in [6.45, 7) is 1.82. The minimum atomic E-state index is -4.64. The Morgan fingerprint density at radius 1 is 1.33 bits per heavy atom. The standard InChI is InChI=1S/C13H14F3N3O2/c1-7(17-2)6-19-11(20)8-4-3-5-9(13(14,15)16)10(8)18-12(19)21/h3-5,7,17H,6H2,1-2H3,(H,18,21). The van der Waals surface area contributed by atoms with Crippen LogP contribution in [0.3, 0.4) is 0 Å². The third kappa shape index (κ3) is 2.85. The van der Waals surface area contributed by atoms with Crippen molar-refractivity contribution in [3.63, 3.8) is 0 Å². The van der Waals surface area contributed by atoms with Gasteiger partial charge in [0.25, 0.3) is 5.56 Å². The van der Waals surface area contributed by atoms with E-state index in [1.807, 2.05) is 0 Å². The lowest BCUT2D eigenvalue weighted by Gasteiger charge is -2.14. The zero-order valence-electron chi connectivity index (χ0n) is 11.4. The van der Waals surface area contributed by atoms with Gasteiger partial charge in [0.05, 0.1) is 16.5 Å². The second-order valence-electron chi connectivity index (χ2n) is 4.76. The molecular weight excluding hydrogens is 287 g/mol. The number of hydrogen-bond acceptors (Lipinski definition) is 3. The molecular formula is C13H14F3N3O2. The molecule has 0 radical (unpaired) electrons. The summed E-state index contributed by atoms with van der Waals surface area (Å²) >= 11 is 0. The molecule has 2 N–H and O–H groups in total. The van der Waals surface area contributed by atoms with Crippen molar-refractivity contribution in [3.8, 4) is 0 Å². The van der Waals surface area contributed by atoms with Gasteiger partial charge in [-0.2, -0.15) is 13.2 Å². The van der Waals surface area contributed by atoms with Gasteiger partial charge in [0.2, 0.25) is 0 Å². The van der Waals surface area contributed by atoms with Crippen LogP contribution in [0, 0.1) is 0 Å². The highest BCUT2D eigenvalue weighted by molar-refractivity contribution is 5.81. The number of alkyl halides is 3. The Morgan fingerprint density at radius 2 is 2.00 bits per heavy atom. The number of rotatable bonds is 3. The highest BCUT2D eigenvalue weighted by atomic mass is 19.4. The Labute approximate surface area is 117 Å². The van der Waals surface area contributed by atoms with Crippen molar-refractivity contribution in [1.29, 1.82) is 0 Å². The largest absolute Gasteiger partial charge is 0.418 e. The van der Waals surface area contributed by atoms with Crippen LogP contribution in [0.1, 0.15) is 12.5 Å². The molecule has 2 rings (SSSR count). The molecule has 5 nitrogen and oxygen atoms in total. The van der Waals surface area contributed by atoms with E-state index < -0.39 is 28.5 Å². The molecule has 1 aromatic heterocycles. The molecule has 0 aliphatic heterocycles. The van der Waals surface area contributed by atoms with Gasteiger partial charge in [-0.15, -0.1) is 0 Å². The molecule has 1 atom stereocenters. The van der Waals surface area contributed by atoms with Crippen LogP contribution < -0.4 is 16.6 Å². The Morgan fingerprint density at radius 3 is 2.57 bits per heavy atom. The molecule has 2 aromatic rings. The molecule has 0 aliphatic carbocycles. The van der Waals surface area contributed by atoms with E-state index in [9.17, 15) is 22.8 Å². The van der Waals surface area contributed by atoms with Gasteiger partial charge >= 0.3 is 11.9 Å². The third-order valence-corrected chi connectivity index (χ3v) is 3.27. The monoisotopic (exact) mass is 301 g/mol. The molecule has 0 saturated heterocycles. The van der Waals surface area contributed by atoms with E-state index in [2.05, 4.69) is 10.3 Å². The number of hydrogen-bond donors (Lipinski definition) is 2. The van der Waals surface area contributed by atoms with Crippen molar-refractivity contribution in [1.82, 2.24) is 14.9 Å². The minimum Gasteiger partial charge on any atom is -0.315 e. The number of benzene rings is 1. The second kappa shape index (κ2) is 5.36. The molecule has 0 amide bonds. The summed E-state index contributed by atoms with van der Waals surface area (Å²) in [6.07, 6.45) is -4.64. The van der Waals surface area contributed by atoms with Gasteiger partial charge in [0, 0.05) is 12.6 Å². The zero-order valence-corrected chi connectivity index (χ0v) is 11.4. The quantitative estimate of drug-likeness (QED) is 0.898. The third-order valence-electron chi connectivity index (χ3n) is 3.27. The van der Waals surface area contributed by atoms with Crippen molar-refractivity contribution in [2.24, 2.45) is 0 Å². The van der Waals surface area contributed by atoms with Crippen LogP contribution in [0.2, 0.25) is 0 Å². The number of nitrogens with zero attached hydrogens (tertiary/aromatic N) is 1. The van der Waals surface area contributed by atoms with E-state index in [0.717, 1.165) is 16.7 Å². The summed E-state index contributed by atoms with van der Waals surface area (Å²) in [5.74, 6) is 0. The van der Waals surface area contributed by atoms with Crippen molar-refractivity contribution < 1.29 is 13.2 Å². The molecule has 0 bridgehead atoms. The van der Waals surface area contributed by atoms with Crippen molar-refractivity contribution >= 4 is 10.9 Å². The lowest BCUT2D eigenvalue weighted by atomic mass is 10.1. The first-order valence-corrected chi connectivity index (χ1v) is 6.26. The number of aromatic nitrogens is 2. The normalized spacial score (nSPS) is 13.6. The van der Waals surface area contributed by atoms with Gasteiger partial charge in [0.15, 0.2) is 0 Å². The minimum absolute atomic E-state index is 0.0663. The maximum absolute atomic E-state index is 12.9. The Balaban J connectivity index is 2.75. The molecule has 114 valence electrons. The maximum Gasteiger partial charge on any atom is 0.418 e. The van der Waals surface area contributed by atoms with Crippen LogP contribution in [-0.4, -0.2) is 22.6 Å². The maximum atomic E-state index is 12.9. The lowest BCUT2D eigenvalue weighted by molar-refractivity contribution is -0.136. The van der Waals surface area contributed by atoms with Crippen molar-refractivity contribution in [2.75, 3.05) is 7.05 Å². The summed E-state index contributed by atoms with van der Waals surface area (Å²) in [5.41, 5.74) is -3.09. The number of aromatic amines is 1. The molecule has 21 heavy (non-hydrogen) atoms. The smallest absolute Gasteiger partial charge is 0.315 e. The highest BCUT2D eigenvalue weighted by Gasteiger charge is 2.33. The van der Waals surface area contributed by atoms with Gasteiger partial charge in [0.1, 0.15) is 0 Å². The van der Waals surface area contributed by atoms with Crippen molar-refractivity contribution in [3.05, 3.63) is 44.6 Å². The summed E-state index contributed by atoms with van der Waals surface area (Å²) in [7, 11) is 1.66. The van der Waals surface area contributed by atoms with Crippen LogP contribution in [0.25, 0.3) is 10.9 Å². The molecule has 1 heterocycles. The lowest BCUT2D eigenvalue weighted by Crippen LogP contribution is -2.41. The molecule has 8 heteroatoms. The Hall–Kier alpha value is -2.09. The summed E-state index contributed by atoms with van der Waals surface area (Å²) in [6, 6.07) is 3.07. The first-order valence-electron chi connectivity index (χ1n) is 6.26. The predicted octanol–water partition coefficient (Wildman–Crippen LogP) is 1.32. The van der Waals surface area contributed by atoms with Crippen LogP contribution in [0.5, 0.6) is 0 Å². The molecule has 0 fully saturated rings. The molecule has 1 unspecified atom stereocenters. The van der Waals surface area contributed by atoms with Gasteiger partial charge in [-0.05, 0) is 26.1 Å². The average molecular weight is 301 g/mol. The first-order chi connectivity index (χ1) is 9.75. The fraction of sp³-hybridized carbons (Fsp3) is 0.385. The second-order valence-corrected chi connectivity index (χ2v) is 4.76. The number of para-hydroxylation sites is 1. The topological polar surface area (TPSA) is 66.9 Å². The average Bonchev–Trinajstić information content (AvgIpc) is 2.41. The molecule has 1 aromatic carbocycles. The van der Waals surface area contributed by atoms with E-state index >= 15 is 0 Å². The number of fused-ring (bicyclic) bond motifs is 1. The number of likely N-dealkylation sites (N-methyl/N-ethyl adjacent to an activating group) is 1. The van der Waals surface area contributed by atoms with Crippen LogP contribution >= 0.6 is 0 Å². The summed E-state index contributed by atoms with van der Waals surface area (Å²) in [5, 5.41) is 2.70. The predicted molar refractivity (Wildman–Crippen MR) is 72.4 cm³/mol. The van der Waals surface area contributed by atoms with Crippen molar-refractivity contribution in [2.45, 2.75) is 25.7 Å². The van der Waals surface area contributed by atoms with Crippen LogP contribution in [0.15, 0.2) is 27.8 Å². The molecule has 0 aliphatic rings. The summed E-state index contributed by atoms with van der Waals surface area (Å²) < 4.78 is 39.6. The fourth-order valence-electron chi connectivity index (χ4n) is 2.04. The van der Waals surface area contributed by atoms with E-state index in [0.29, 0.717) is 0 Å². The Kier molecular flexibility index (Phi) is 3.91. The zero-order chi connectivity index (χ0) is 15.8. The van der Waals surface area contributed by atoms with E-state index in [4.69, 9.17) is 0 Å². The SMILES string of the molecule is CNC(C)Cn1c(=O)[nH]c2c(C(F)(F)F)cccc2c1=O. The van der Waals surface area contributed by atoms with Gasteiger partial charge in [-0.25, -0.2) is 4.79 Å². The van der Waals surface area contributed by atoms with E-state index in [-0.39, 0.29) is 18.0 Å². The van der Waals surface area contributed by atoms with Crippen LogP contribution in [-0.2, 0) is 12.7 Å². The van der Waals surface area contributed by atoms with Crippen LogP contribution in [0.4, 0.5) is 13.2 Å². The fourth-order valence-corrected chi connectivity index (χ4v) is 2.04. The molecule has 0 spiro atoms. The van der Waals surface area contributed by atoms with Gasteiger partial charge in [-0.3, -0.25) is 9.36 Å². The number of H-pyrrole nitrogens is 1. The number of nitrogens with one attached hydrogen (secondary N) is 2. The highest BCUT2D eigenvalue weighted by Crippen LogP contribution is 2.32. The first kappa shape index (κ1) is 15.3. The molecule has 0 saturated carbocycles. The Bertz CT molecular complexity index is 777. The van der Waals surface area contributed by atoms with E-state index in [1.165, 1.54) is 6.07 Å². The van der Waals surface area contributed by atoms with Gasteiger partial charge in [-0.1, -0.05) is 6.07 Å².